The quantitative estimate of drug-likeness (QED) is 0.683. The molecular formula is C12H16N2O3. The average molecular weight is 236 g/mol. The Hall–Kier alpha value is -2.04. The molecular weight excluding hydrogens is 220 g/mol. The van der Waals surface area contributed by atoms with Gasteiger partial charge in [-0.05, 0) is 18.1 Å². The SMILES string of the molecule is CC(C)C(NC(=O)c1ccccc1N)C(=O)O. The molecule has 17 heavy (non-hydrogen) atoms. The highest BCUT2D eigenvalue weighted by Gasteiger charge is 2.24. The molecule has 1 atom stereocenters. The Balaban J connectivity index is 2.85. The number of anilines is 1. The zero-order valence-corrected chi connectivity index (χ0v) is 9.81. The van der Waals surface area contributed by atoms with Crippen LogP contribution < -0.4 is 11.1 Å². The van der Waals surface area contributed by atoms with Gasteiger partial charge < -0.3 is 16.2 Å². The molecule has 0 aromatic heterocycles. The summed E-state index contributed by atoms with van der Waals surface area (Å²) in [6.07, 6.45) is 0. The lowest BCUT2D eigenvalue weighted by atomic mass is 10.0. The number of hydrogen-bond acceptors (Lipinski definition) is 3. The fourth-order valence-electron chi connectivity index (χ4n) is 1.44. The molecule has 0 saturated carbocycles. The van der Waals surface area contributed by atoms with Crippen LogP contribution in [0.15, 0.2) is 24.3 Å². The third-order valence-corrected chi connectivity index (χ3v) is 2.42. The Kier molecular flexibility index (Phi) is 4.09. The summed E-state index contributed by atoms with van der Waals surface area (Å²) in [5.41, 5.74) is 6.26. The molecule has 0 saturated heterocycles. The van der Waals surface area contributed by atoms with E-state index in [-0.39, 0.29) is 5.92 Å². The normalized spacial score (nSPS) is 12.2. The number of carboxylic acid groups (broad SMARTS) is 1. The zero-order chi connectivity index (χ0) is 13.0. The van der Waals surface area contributed by atoms with Crippen molar-refractivity contribution >= 4 is 17.6 Å². The fraction of sp³-hybridized carbons (Fsp3) is 0.333. The third kappa shape index (κ3) is 3.21. The van der Waals surface area contributed by atoms with Crippen LogP contribution in [0.3, 0.4) is 0 Å². The number of benzene rings is 1. The van der Waals surface area contributed by atoms with Crippen LogP contribution in [0.4, 0.5) is 5.69 Å². The van der Waals surface area contributed by atoms with Crippen molar-refractivity contribution in [2.24, 2.45) is 5.92 Å². The topological polar surface area (TPSA) is 92.4 Å². The second-order valence-corrected chi connectivity index (χ2v) is 4.12. The Morgan fingerprint density at radius 2 is 1.88 bits per heavy atom. The van der Waals surface area contributed by atoms with Gasteiger partial charge >= 0.3 is 5.97 Å². The number of para-hydroxylation sites is 1. The van der Waals surface area contributed by atoms with Crippen molar-refractivity contribution in [2.45, 2.75) is 19.9 Å². The van der Waals surface area contributed by atoms with Crippen LogP contribution in [0.25, 0.3) is 0 Å². The minimum atomic E-state index is -1.05. The number of carbonyl (C=O) groups is 2. The van der Waals surface area contributed by atoms with E-state index in [1.807, 2.05) is 0 Å². The number of carboxylic acids is 1. The molecule has 0 fully saturated rings. The minimum Gasteiger partial charge on any atom is -0.480 e. The number of carbonyl (C=O) groups excluding carboxylic acids is 1. The molecule has 1 aromatic carbocycles. The number of nitrogens with one attached hydrogen (secondary N) is 1. The lowest BCUT2D eigenvalue weighted by molar-refractivity contribution is -0.140. The van der Waals surface area contributed by atoms with E-state index in [0.717, 1.165) is 0 Å². The van der Waals surface area contributed by atoms with Gasteiger partial charge in [-0.15, -0.1) is 0 Å². The van der Waals surface area contributed by atoms with Crippen molar-refractivity contribution in [1.29, 1.82) is 0 Å². The molecule has 0 bridgehead atoms. The molecule has 5 nitrogen and oxygen atoms in total. The maximum absolute atomic E-state index is 11.8. The summed E-state index contributed by atoms with van der Waals surface area (Å²) in [6.45, 7) is 3.46. The van der Waals surface area contributed by atoms with E-state index in [9.17, 15) is 9.59 Å². The average Bonchev–Trinajstić information content (AvgIpc) is 2.25. The predicted octanol–water partition coefficient (Wildman–Crippen LogP) is 1.11. The van der Waals surface area contributed by atoms with E-state index in [0.29, 0.717) is 11.3 Å². The van der Waals surface area contributed by atoms with Gasteiger partial charge in [0.2, 0.25) is 0 Å². The van der Waals surface area contributed by atoms with Gasteiger partial charge in [0.1, 0.15) is 6.04 Å². The van der Waals surface area contributed by atoms with Crippen molar-refractivity contribution in [3.63, 3.8) is 0 Å². The van der Waals surface area contributed by atoms with Crippen molar-refractivity contribution < 1.29 is 14.7 Å². The summed E-state index contributed by atoms with van der Waals surface area (Å²) < 4.78 is 0. The van der Waals surface area contributed by atoms with Crippen LogP contribution in [0.1, 0.15) is 24.2 Å². The van der Waals surface area contributed by atoms with Crippen LogP contribution in [0, 0.1) is 5.92 Å². The first kappa shape index (κ1) is 13.0. The Morgan fingerprint density at radius 1 is 1.29 bits per heavy atom. The van der Waals surface area contributed by atoms with E-state index >= 15 is 0 Å². The van der Waals surface area contributed by atoms with Gasteiger partial charge in [0.25, 0.3) is 5.91 Å². The molecule has 1 unspecified atom stereocenters. The summed E-state index contributed by atoms with van der Waals surface area (Å²) in [6, 6.07) is 5.63. The maximum atomic E-state index is 11.8. The first-order valence-electron chi connectivity index (χ1n) is 5.31. The summed E-state index contributed by atoms with van der Waals surface area (Å²) >= 11 is 0. The molecule has 0 aliphatic rings. The van der Waals surface area contributed by atoms with Crippen LogP contribution in [-0.4, -0.2) is 23.0 Å². The molecule has 1 amide bonds. The Morgan fingerprint density at radius 3 is 2.35 bits per heavy atom. The number of nitrogens with two attached hydrogens (primary N) is 1. The highest BCUT2D eigenvalue weighted by Crippen LogP contribution is 2.11. The van der Waals surface area contributed by atoms with Crippen LogP contribution >= 0.6 is 0 Å². The third-order valence-electron chi connectivity index (χ3n) is 2.42. The van der Waals surface area contributed by atoms with Gasteiger partial charge in [-0.25, -0.2) is 4.79 Å². The molecule has 0 radical (unpaired) electrons. The van der Waals surface area contributed by atoms with E-state index in [2.05, 4.69) is 5.32 Å². The number of amides is 1. The Labute approximate surface area is 99.6 Å². The predicted molar refractivity (Wildman–Crippen MR) is 64.6 cm³/mol. The largest absolute Gasteiger partial charge is 0.480 e. The summed E-state index contributed by atoms with van der Waals surface area (Å²) in [4.78, 5) is 22.8. The fourth-order valence-corrected chi connectivity index (χ4v) is 1.44. The summed E-state index contributed by atoms with van der Waals surface area (Å²) in [5.74, 6) is -1.71. The highest BCUT2D eigenvalue weighted by atomic mass is 16.4. The first-order chi connectivity index (χ1) is 7.93. The minimum absolute atomic E-state index is 0.193. The second-order valence-electron chi connectivity index (χ2n) is 4.12. The van der Waals surface area contributed by atoms with Crippen molar-refractivity contribution in [2.75, 3.05) is 5.73 Å². The van der Waals surface area contributed by atoms with Gasteiger partial charge in [0.05, 0.1) is 5.56 Å². The summed E-state index contributed by atoms with van der Waals surface area (Å²) in [5, 5.41) is 11.4. The zero-order valence-electron chi connectivity index (χ0n) is 9.81. The lowest BCUT2D eigenvalue weighted by Crippen LogP contribution is -2.44. The molecule has 1 aromatic rings. The molecule has 4 N–H and O–H groups in total. The van der Waals surface area contributed by atoms with E-state index < -0.39 is 17.9 Å². The van der Waals surface area contributed by atoms with Crippen LogP contribution in [0.5, 0.6) is 0 Å². The van der Waals surface area contributed by atoms with Crippen molar-refractivity contribution in [3.8, 4) is 0 Å². The molecule has 5 heteroatoms. The van der Waals surface area contributed by atoms with Crippen LogP contribution in [0.2, 0.25) is 0 Å². The van der Waals surface area contributed by atoms with Crippen LogP contribution in [-0.2, 0) is 4.79 Å². The molecule has 0 spiro atoms. The van der Waals surface area contributed by atoms with E-state index in [1.165, 1.54) is 0 Å². The number of rotatable bonds is 4. The van der Waals surface area contributed by atoms with E-state index in [1.54, 1.807) is 38.1 Å². The molecule has 1 rings (SSSR count). The highest BCUT2D eigenvalue weighted by molar-refractivity contribution is 6.00. The lowest BCUT2D eigenvalue weighted by Gasteiger charge is -2.18. The number of nitrogen functional groups attached to an aromatic ring is 1. The number of aliphatic carboxylic acids is 1. The van der Waals surface area contributed by atoms with Gasteiger partial charge in [0, 0.05) is 5.69 Å². The molecule has 0 aliphatic heterocycles. The van der Waals surface area contributed by atoms with E-state index in [4.69, 9.17) is 10.8 Å². The monoisotopic (exact) mass is 236 g/mol. The van der Waals surface area contributed by atoms with Gasteiger partial charge in [0.15, 0.2) is 0 Å². The smallest absolute Gasteiger partial charge is 0.326 e. The molecule has 92 valence electrons. The van der Waals surface area contributed by atoms with Gasteiger partial charge in [-0.3, -0.25) is 4.79 Å². The molecule has 0 heterocycles. The van der Waals surface area contributed by atoms with Crippen molar-refractivity contribution in [3.05, 3.63) is 29.8 Å². The first-order valence-corrected chi connectivity index (χ1v) is 5.31. The van der Waals surface area contributed by atoms with Gasteiger partial charge in [-0.2, -0.15) is 0 Å². The van der Waals surface area contributed by atoms with Crippen molar-refractivity contribution in [1.82, 2.24) is 5.32 Å². The second kappa shape index (κ2) is 5.34. The van der Waals surface area contributed by atoms with Gasteiger partial charge in [-0.1, -0.05) is 26.0 Å². The summed E-state index contributed by atoms with van der Waals surface area (Å²) in [7, 11) is 0. The Bertz CT molecular complexity index is 430. The maximum Gasteiger partial charge on any atom is 0.326 e. The standard InChI is InChI=1S/C12H16N2O3/c1-7(2)10(12(16)17)14-11(15)8-5-3-4-6-9(8)13/h3-7,10H,13H2,1-2H3,(H,14,15)(H,16,17). The number of hydrogen-bond donors (Lipinski definition) is 3. The molecule has 0 aliphatic carbocycles.